The van der Waals surface area contributed by atoms with E-state index in [1.807, 2.05) is 0 Å². The number of carbonyl (C=O) groups excluding carboxylic acids is 3. The van der Waals surface area contributed by atoms with Crippen molar-refractivity contribution in [1.82, 2.24) is 4.90 Å². The van der Waals surface area contributed by atoms with Crippen LogP contribution in [0.1, 0.15) is 26.2 Å². The number of ketones is 1. The Morgan fingerprint density at radius 1 is 0.783 bits per heavy atom. The van der Waals surface area contributed by atoms with E-state index < -0.39 is 0 Å². The van der Waals surface area contributed by atoms with Crippen molar-refractivity contribution < 1.29 is 28.6 Å². The standard InChI is InChI=1S/C16H29NO6/c1-16(20)4-12-23-15-7-17(5-13-21-10-2-8-18)6-14-22-11-3-9-19/h8-9H,2-7,10-15H2,1H3. The maximum atomic E-state index is 10.8. The van der Waals surface area contributed by atoms with Gasteiger partial charge in [-0.2, -0.15) is 0 Å². The van der Waals surface area contributed by atoms with E-state index in [9.17, 15) is 14.4 Å². The van der Waals surface area contributed by atoms with E-state index >= 15 is 0 Å². The molecule has 0 amide bonds. The van der Waals surface area contributed by atoms with Crippen LogP contribution < -0.4 is 0 Å². The van der Waals surface area contributed by atoms with Crippen LogP contribution in [0.5, 0.6) is 0 Å². The second-order valence-electron chi connectivity index (χ2n) is 5.04. The molecule has 0 rings (SSSR count). The molecule has 23 heavy (non-hydrogen) atoms. The maximum Gasteiger partial charge on any atom is 0.132 e. The molecule has 0 aromatic carbocycles. The van der Waals surface area contributed by atoms with Gasteiger partial charge in [-0.25, -0.2) is 0 Å². The summed E-state index contributed by atoms with van der Waals surface area (Å²) < 4.78 is 16.2. The quantitative estimate of drug-likeness (QED) is 0.267. The Balaban J connectivity index is 3.83. The molecule has 0 aliphatic rings. The predicted molar refractivity (Wildman–Crippen MR) is 85.6 cm³/mol. The summed E-state index contributed by atoms with van der Waals surface area (Å²) in [6.45, 7) is 6.60. The van der Waals surface area contributed by atoms with Crippen molar-refractivity contribution in [2.45, 2.75) is 26.2 Å². The van der Waals surface area contributed by atoms with Gasteiger partial charge in [0.2, 0.25) is 0 Å². The molecule has 0 radical (unpaired) electrons. The first kappa shape index (κ1) is 21.9. The van der Waals surface area contributed by atoms with Gasteiger partial charge in [0.05, 0.1) is 39.6 Å². The van der Waals surface area contributed by atoms with Gasteiger partial charge in [0.15, 0.2) is 0 Å². The molecule has 0 fully saturated rings. The van der Waals surface area contributed by atoms with E-state index in [1.54, 1.807) is 6.92 Å². The van der Waals surface area contributed by atoms with Crippen LogP contribution in [0.2, 0.25) is 0 Å². The van der Waals surface area contributed by atoms with Crippen LogP contribution in [-0.4, -0.2) is 82.5 Å². The van der Waals surface area contributed by atoms with Crippen molar-refractivity contribution >= 4 is 18.4 Å². The molecule has 0 aromatic rings. The molecular weight excluding hydrogens is 302 g/mol. The lowest BCUT2D eigenvalue weighted by Crippen LogP contribution is -2.34. The van der Waals surface area contributed by atoms with Crippen LogP contribution in [0.4, 0.5) is 0 Å². The fraction of sp³-hybridized carbons (Fsp3) is 0.812. The smallest absolute Gasteiger partial charge is 0.132 e. The molecule has 0 saturated carbocycles. The molecular formula is C16H29NO6. The lowest BCUT2D eigenvalue weighted by molar-refractivity contribution is -0.118. The average Bonchev–Trinajstić information content (AvgIpc) is 2.53. The zero-order valence-electron chi connectivity index (χ0n) is 14.0. The SMILES string of the molecule is CC(=O)CCOCCN(CCOCCC=O)CCOCCC=O. The molecule has 134 valence electrons. The van der Waals surface area contributed by atoms with Crippen molar-refractivity contribution in [2.75, 3.05) is 59.3 Å². The molecule has 0 aliphatic carbocycles. The minimum Gasteiger partial charge on any atom is -0.380 e. The number of hydrogen-bond acceptors (Lipinski definition) is 7. The first-order chi connectivity index (χ1) is 11.2. The Morgan fingerprint density at radius 3 is 1.61 bits per heavy atom. The number of Topliss-reactive ketones (excluding diaryl/α,β-unsaturated/α-hetero) is 1. The Hall–Kier alpha value is -1.15. The summed E-state index contributed by atoms with van der Waals surface area (Å²) in [5.41, 5.74) is 0. The van der Waals surface area contributed by atoms with Crippen molar-refractivity contribution in [3.8, 4) is 0 Å². The molecule has 0 unspecified atom stereocenters. The molecule has 7 heteroatoms. The molecule has 0 bridgehead atoms. The number of ether oxygens (including phenoxy) is 3. The van der Waals surface area contributed by atoms with Gasteiger partial charge in [0, 0.05) is 38.9 Å². The molecule has 0 aliphatic heterocycles. The first-order valence-electron chi connectivity index (χ1n) is 8.03. The molecule has 0 aromatic heterocycles. The topological polar surface area (TPSA) is 82.1 Å². The minimum atomic E-state index is 0.119. The van der Waals surface area contributed by atoms with Gasteiger partial charge in [-0.3, -0.25) is 9.69 Å². The third kappa shape index (κ3) is 17.0. The van der Waals surface area contributed by atoms with Crippen molar-refractivity contribution in [3.63, 3.8) is 0 Å². The third-order valence-electron chi connectivity index (χ3n) is 3.01. The zero-order valence-corrected chi connectivity index (χ0v) is 14.0. The molecule has 0 heterocycles. The average molecular weight is 331 g/mol. The Bertz CT molecular complexity index is 293. The van der Waals surface area contributed by atoms with Gasteiger partial charge in [-0.1, -0.05) is 0 Å². The normalized spacial score (nSPS) is 10.9. The summed E-state index contributed by atoms with van der Waals surface area (Å²) in [6.07, 6.45) is 2.92. The van der Waals surface area contributed by atoms with Crippen LogP contribution in [0, 0.1) is 0 Å². The summed E-state index contributed by atoms with van der Waals surface area (Å²) in [5.74, 6) is 0.119. The van der Waals surface area contributed by atoms with E-state index in [0.29, 0.717) is 78.5 Å². The molecule has 0 atom stereocenters. The van der Waals surface area contributed by atoms with Crippen LogP contribution >= 0.6 is 0 Å². The lowest BCUT2D eigenvalue weighted by Gasteiger charge is -2.22. The van der Waals surface area contributed by atoms with Crippen molar-refractivity contribution in [3.05, 3.63) is 0 Å². The van der Waals surface area contributed by atoms with Crippen LogP contribution in [-0.2, 0) is 28.6 Å². The van der Waals surface area contributed by atoms with E-state index in [2.05, 4.69) is 4.90 Å². The van der Waals surface area contributed by atoms with Crippen LogP contribution in [0.25, 0.3) is 0 Å². The maximum absolute atomic E-state index is 10.8. The Morgan fingerprint density at radius 2 is 1.22 bits per heavy atom. The van der Waals surface area contributed by atoms with E-state index in [-0.39, 0.29) is 5.78 Å². The number of carbonyl (C=O) groups is 3. The van der Waals surface area contributed by atoms with Gasteiger partial charge in [0.1, 0.15) is 18.4 Å². The largest absolute Gasteiger partial charge is 0.380 e. The molecule has 0 saturated heterocycles. The summed E-state index contributed by atoms with van der Waals surface area (Å²) in [5, 5.41) is 0. The number of aldehydes is 2. The van der Waals surface area contributed by atoms with E-state index in [1.165, 1.54) is 0 Å². The van der Waals surface area contributed by atoms with Crippen molar-refractivity contribution in [1.29, 1.82) is 0 Å². The fourth-order valence-electron chi connectivity index (χ4n) is 1.70. The first-order valence-corrected chi connectivity index (χ1v) is 8.03. The van der Waals surface area contributed by atoms with Gasteiger partial charge in [-0.05, 0) is 6.92 Å². The summed E-state index contributed by atoms with van der Waals surface area (Å²) in [6, 6.07) is 0. The highest BCUT2D eigenvalue weighted by molar-refractivity contribution is 5.75. The second kappa shape index (κ2) is 17.2. The number of rotatable bonds is 18. The summed E-state index contributed by atoms with van der Waals surface area (Å²) >= 11 is 0. The lowest BCUT2D eigenvalue weighted by atomic mass is 10.3. The van der Waals surface area contributed by atoms with E-state index in [0.717, 1.165) is 12.6 Å². The fourth-order valence-corrected chi connectivity index (χ4v) is 1.70. The highest BCUT2D eigenvalue weighted by Crippen LogP contribution is 1.93. The van der Waals surface area contributed by atoms with Gasteiger partial charge in [-0.15, -0.1) is 0 Å². The van der Waals surface area contributed by atoms with Gasteiger partial charge < -0.3 is 23.8 Å². The van der Waals surface area contributed by atoms with Crippen molar-refractivity contribution in [2.24, 2.45) is 0 Å². The monoisotopic (exact) mass is 331 g/mol. The van der Waals surface area contributed by atoms with Crippen LogP contribution in [0.15, 0.2) is 0 Å². The summed E-state index contributed by atoms with van der Waals surface area (Å²) in [4.78, 5) is 33.4. The Kier molecular flexibility index (Phi) is 16.3. The predicted octanol–water partition coefficient (Wildman–Crippen LogP) is 0.495. The Labute approximate surface area is 138 Å². The molecule has 0 spiro atoms. The summed E-state index contributed by atoms with van der Waals surface area (Å²) in [7, 11) is 0. The molecule has 0 N–H and O–H groups in total. The van der Waals surface area contributed by atoms with Gasteiger partial charge >= 0.3 is 0 Å². The number of hydrogen-bond donors (Lipinski definition) is 0. The third-order valence-corrected chi connectivity index (χ3v) is 3.01. The highest BCUT2D eigenvalue weighted by Gasteiger charge is 2.05. The number of nitrogens with zero attached hydrogens (tertiary/aromatic N) is 1. The minimum absolute atomic E-state index is 0.119. The molecule has 7 nitrogen and oxygen atoms in total. The second-order valence-corrected chi connectivity index (χ2v) is 5.04. The van der Waals surface area contributed by atoms with Crippen LogP contribution in [0.3, 0.4) is 0 Å². The van der Waals surface area contributed by atoms with Gasteiger partial charge in [0.25, 0.3) is 0 Å². The van der Waals surface area contributed by atoms with E-state index in [4.69, 9.17) is 14.2 Å². The zero-order chi connectivity index (χ0) is 17.2. The highest BCUT2D eigenvalue weighted by atomic mass is 16.5.